The molecule has 5 heteroatoms. The number of benzene rings is 1. The maximum Gasteiger partial charge on any atom is 0.149 e. The molecule has 0 N–H and O–H groups in total. The van der Waals surface area contributed by atoms with Gasteiger partial charge in [0.2, 0.25) is 0 Å². The van der Waals surface area contributed by atoms with E-state index in [0.717, 1.165) is 5.75 Å². The number of carboxylic acids is 1. The first-order chi connectivity index (χ1) is 9.19. The first-order valence-corrected chi connectivity index (χ1v) is 5.84. The fourth-order valence-corrected chi connectivity index (χ4v) is 1.52. The summed E-state index contributed by atoms with van der Waals surface area (Å²) in [7, 11) is 0. The van der Waals surface area contributed by atoms with Crippen LogP contribution in [0.4, 0.5) is 0 Å². The Morgan fingerprint density at radius 2 is 1.74 bits per heavy atom. The minimum Gasteiger partial charge on any atom is -0.542 e. The summed E-state index contributed by atoms with van der Waals surface area (Å²) in [5, 5.41) is 10.5. The lowest BCUT2D eigenvalue weighted by Crippen LogP contribution is -2.21. The molecule has 2 aromatic rings. The summed E-state index contributed by atoms with van der Waals surface area (Å²) in [6, 6.07) is 10.0. The predicted molar refractivity (Wildman–Crippen MR) is 65.0 cm³/mol. The Bertz CT molecular complexity index is 541. The number of carbonyl (C=O) groups excluding carboxylic acids is 1. The van der Waals surface area contributed by atoms with Crippen molar-refractivity contribution in [2.45, 2.75) is 13.5 Å². The van der Waals surface area contributed by atoms with Gasteiger partial charge in [-0.2, -0.15) is 0 Å². The predicted octanol–water partition coefficient (Wildman–Crippen LogP) is 1.62. The maximum absolute atomic E-state index is 10.5. The molecular weight excluding hydrogens is 248 g/mol. The quantitative estimate of drug-likeness (QED) is 0.790. The molecule has 0 unspecified atom stereocenters. The number of hydrogen-bond donors (Lipinski definition) is 0. The van der Waals surface area contributed by atoms with E-state index in [1.165, 1.54) is 6.07 Å². The third-order valence-corrected chi connectivity index (χ3v) is 2.38. The molecule has 0 fully saturated rings. The average Bonchev–Trinajstić information content (AvgIpc) is 2.87. The Hall–Kier alpha value is -2.43. The lowest BCUT2D eigenvalue weighted by Gasteiger charge is -2.06. The molecule has 0 aliphatic heterocycles. The molecule has 0 radical (unpaired) electrons. The van der Waals surface area contributed by atoms with Crippen molar-refractivity contribution in [1.82, 2.24) is 0 Å². The number of carboxylic acid groups (broad SMARTS) is 1. The maximum atomic E-state index is 10.5. The summed E-state index contributed by atoms with van der Waals surface area (Å²) in [4.78, 5) is 10.5. The highest BCUT2D eigenvalue weighted by molar-refractivity contribution is 5.82. The van der Waals surface area contributed by atoms with Crippen molar-refractivity contribution >= 4 is 5.97 Å². The molecule has 0 bridgehead atoms. The van der Waals surface area contributed by atoms with Crippen LogP contribution in [0.1, 0.15) is 23.2 Å². The van der Waals surface area contributed by atoms with Crippen LogP contribution in [-0.4, -0.2) is 12.6 Å². The van der Waals surface area contributed by atoms with E-state index >= 15 is 0 Å². The largest absolute Gasteiger partial charge is 0.542 e. The van der Waals surface area contributed by atoms with Gasteiger partial charge >= 0.3 is 0 Å². The standard InChI is InChI=1S/C14H14O5/c1-2-17-10-3-5-11(6-4-10)18-9-12-7-8-13(19-12)14(15)16/h3-8H,2,9H2,1H3,(H,15,16)/p-1. The van der Waals surface area contributed by atoms with E-state index < -0.39 is 5.97 Å². The topological polar surface area (TPSA) is 71.7 Å². The molecule has 0 spiro atoms. The lowest BCUT2D eigenvalue weighted by atomic mass is 10.3. The van der Waals surface area contributed by atoms with Crippen molar-refractivity contribution in [3.63, 3.8) is 0 Å². The van der Waals surface area contributed by atoms with Gasteiger partial charge in [0.05, 0.1) is 6.61 Å². The molecule has 0 atom stereocenters. The summed E-state index contributed by atoms with van der Waals surface area (Å²) in [6.45, 7) is 2.68. The highest BCUT2D eigenvalue weighted by Crippen LogP contribution is 2.19. The Balaban J connectivity index is 1.92. The van der Waals surface area contributed by atoms with Crippen molar-refractivity contribution in [3.05, 3.63) is 47.9 Å². The Kier molecular flexibility index (Phi) is 4.07. The van der Waals surface area contributed by atoms with Crippen LogP contribution in [0.2, 0.25) is 0 Å². The van der Waals surface area contributed by atoms with Gasteiger partial charge in [0.1, 0.15) is 35.6 Å². The highest BCUT2D eigenvalue weighted by atomic mass is 16.5. The van der Waals surface area contributed by atoms with Gasteiger partial charge in [0.15, 0.2) is 0 Å². The highest BCUT2D eigenvalue weighted by Gasteiger charge is 2.03. The molecule has 2 rings (SSSR count). The van der Waals surface area contributed by atoms with Crippen molar-refractivity contribution in [2.24, 2.45) is 0 Å². The zero-order valence-electron chi connectivity index (χ0n) is 10.4. The van der Waals surface area contributed by atoms with Crippen LogP contribution in [0.15, 0.2) is 40.8 Å². The lowest BCUT2D eigenvalue weighted by molar-refractivity contribution is -0.257. The fourth-order valence-electron chi connectivity index (χ4n) is 1.52. The van der Waals surface area contributed by atoms with Crippen LogP contribution in [-0.2, 0) is 6.61 Å². The second kappa shape index (κ2) is 5.95. The van der Waals surface area contributed by atoms with Gasteiger partial charge in [-0.25, -0.2) is 0 Å². The zero-order valence-corrected chi connectivity index (χ0v) is 10.4. The normalized spacial score (nSPS) is 10.2. The van der Waals surface area contributed by atoms with Gasteiger partial charge in [0, 0.05) is 0 Å². The van der Waals surface area contributed by atoms with E-state index in [-0.39, 0.29) is 12.4 Å². The van der Waals surface area contributed by atoms with Crippen LogP contribution in [0.5, 0.6) is 11.5 Å². The Morgan fingerprint density at radius 3 is 2.26 bits per heavy atom. The molecule has 1 heterocycles. The number of ether oxygens (including phenoxy) is 2. The average molecular weight is 261 g/mol. The summed E-state index contributed by atoms with van der Waals surface area (Å²) >= 11 is 0. The second-order valence-corrected chi connectivity index (χ2v) is 3.75. The minimum absolute atomic E-state index is 0.154. The summed E-state index contributed by atoms with van der Waals surface area (Å²) in [6.07, 6.45) is 0. The van der Waals surface area contributed by atoms with E-state index in [1.807, 2.05) is 6.92 Å². The third-order valence-electron chi connectivity index (χ3n) is 2.38. The molecule has 0 aliphatic rings. The van der Waals surface area contributed by atoms with E-state index in [1.54, 1.807) is 30.3 Å². The number of furan rings is 1. The van der Waals surface area contributed by atoms with E-state index in [9.17, 15) is 9.90 Å². The molecule has 5 nitrogen and oxygen atoms in total. The van der Waals surface area contributed by atoms with Crippen molar-refractivity contribution < 1.29 is 23.8 Å². The number of aromatic carboxylic acids is 1. The third kappa shape index (κ3) is 3.51. The molecule has 0 aliphatic carbocycles. The molecule has 1 aromatic carbocycles. The number of hydrogen-bond acceptors (Lipinski definition) is 5. The van der Waals surface area contributed by atoms with Crippen LogP contribution >= 0.6 is 0 Å². The Morgan fingerprint density at radius 1 is 1.11 bits per heavy atom. The Labute approximate surface area is 110 Å². The smallest absolute Gasteiger partial charge is 0.149 e. The van der Waals surface area contributed by atoms with Crippen LogP contribution in [0.25, 0.3) is 0 Å². The van der Waals surface area contributed by atoms with E-state index in [0.29, 0.717) is 18.1 Å². The summed E-state index contributed by atoms with van der Waals surface area (Å²) in [5.41, 5.74) is 0. The van der Waals surface area contributed by atoms with E-state index in [4.69, 9.17) is 13.9 Å². The van der Waals surface area contributed by atoms with Crippen LogP contribution < -0.4 is 14.6 Å². The molecule has 0 saturated heterocycles. The zero-order chi connectivity index (χ0) is 13.7. The van der Waals surface area contributed by atoms with Crippen LogP contribution in [0, 0.1) is 0 Å². The fraction of sp³-hybridized carbons (Fsp3) is 0.214. The molecule has 0 saturated carbocycles. The van der Waals surface area contributed by atoms with Gasteiger partial charge in [-0.1, -0.05) is 0 Å². The molecule has 19 heavy (non-hydrogen) atoms. The van der Waals surface area contributed by atoms with Gasteiger partial charge in [-0.05, 0) is 43.3 Å². The monoisotopic (exact) mass is 261 g/mol. The molecule has 0 amide bonds. The number of carbonyl (C=O) groups is 1. The summed E-state index contributed by atoms with van der Waals surface area (Å²) in [5.74, 6) is 0.299. The minimum atomic E-state index is -1.34. The van der Waals surface area contributed by atoms with E-state index in [2.05, 4.69) is 0 Å². The second-order valence-electron chi connectivity index (χ2n) is 3.75. The molecule has 1 aromatic heterocycles. The van der Waals surface area contributed by atoms with Crippen LogP contribution in [0.3, 0.4) is 0 Å². The van der Waals surface area contributed by atoms with Gasteiger partial charge in [-0.15, -0.1) is 0 Å². The SMILES string of the molecule is CCOc1ccc(OCc2ccc(C(=O)[O-])o2)cc1. The molecule has 100 valence electrons. The number of rotatable bonds is 6. The van der Waals surface area contributed by atoms with Gasteiger partial charge < -0.3 is 23.8 Å². The van der Waals surface area contributed by atoms with Crippen molar-refractivity contribution in [3.8, 4) is 11.5 Å². The van der Waals surface area contributed by atoms with Crippen molar-refractivity contribution in [2.75, 3.05) is 6.61 Å². The first-order valence-electron chi connectivity index (χ1n) is 5.84. The summed E-state index contributed by atoms with van der Waals surface area (Å²) < 4.78 is 15.8. The molecular formula is C14H13O5-. The first kappa shape index (κ1) is 13.0. The van der Waals surface area contributed by atoms with Gasteiger partial charge in [-0.3, -0.25) is 0 Å². The van der Waals surface area contributed by atoms with Gasteiger partial charge in [0.25, 0.3) is 0 Å². The van der Waals surface area contributed by atoms with Crippen molar-refractivity contribution in [1.29, 1.82) is 0 Å².